The summed E-state index contributed by atoms with van der Waals surface area (Å²) in [4.78, 5) is 12.4. The minimum Gasteiger partial charge on any atom is -0.508 e. The van der Waals surface area contributed by atoms with Gasteiger partial charge >= 0.3 is 0 Å². The average molecular weight is 434 g/mol. The van der Waals surface area contributed by atoms with Gasteiger partial charge in [-0.1, -0.05) is 20.8 Å². The maximum absolute atomic E-state index is 12.4. The number of amides is 1. The van der Waals surface area contributed by atoms with Gasteiger partial charge in [0.1, 0.15) is 22.9 Å². The number of carbonyl (C=O) groups excluding carboxylic acids is 1. The van der Waals surface area contributed by atoms with Crippen molar-refractivity contribution in [1.82, 2.24) is 10.6 Å². The third-order valence-corrected chi connectivity index (χ3v) is 10.4. The predicted molar refractivity (Wildman–Crippen MR) is 122 cm³/mol. The van der Waals surface area contributed by atoms with E-state index in [4.69, 9.17) is 14.6 Å². The maximum Gasteiger partial charge on any atom is 0.257 e. The molecule has 0 aromatic heterocycles. The molecule has 1 aliphatic rings. The van der Waals surface area contributed by atoms with Crippen LogP contribution in [0.5, 0.6) is 11.5 Å². The zero-order valence-corrected chi connectivity index (χ0v) is 19.9. The summed E-state index contributed by atoms with van der Waals surface area (Å²) in [5.74, 6) is -0.175. The molecule has 1 aromatic carbocycles. The average Bonchev–Trinajstić information content (AvgIpc) is 2.60. The molecule has 8 heteroatoms. The van der Waals surface area contributed by atoms with Gasteiger partial charge in [0, 0.05) is 18.7 Å². The van der Waals surface area contributed by atoms with E-state index < -0.39 is 19.8 Å². The molecule has 0 unspecified atom stereocenters. The molecule has 4 N–H and O–H groups in total. The lowest BCUT2D eigenvalue weighted by molar-refractivity contribution is -0.0474. The number of hydrogen-bond donors (Lipinski definition) is 4. The van der Waals surface area contributed by atoms with Crippen molar-refractivity contribution in [3.05, 3.63) is 36.0 Å². The van der Waals surface area contributed by atoms with Gasteiger partial charge in [0.25, 0.3) is 5.91 Å². The van der Waals surface area contributed by atoms with Crippen molar-refractivity contribution < 1.29 is 19.1 Å². The van der Waals surface area contributed by atoms with E-state index in [0.29, 0.717) is 12.4 Å². The third kappa shape index (κ3) is 6.09. The highest BCUT2D eigenvalue weighted by atomic mass is 28.4. The van der Waals surface area contributed by atoms with E-state index >= 15 is 0 Å². The van der Waals surface area contributed by atoms with E-state index in [0.717, 1.165) is 19.3 Å². The maximum atomic E-state index is 12.4. The smallest absolute Gasteiger partial charge is 0.257 e. The van der Waals surface area contributed by atoms with Crippen LogP contribution in [0, 0.1) is 5.41 Å². The van der Waals surface area contributed by atoms with Gasteiger partial charge in [0.05, 0.1) is 6.61 Å². The first-order valence-corrected chi connectivity index (χ1v) is 13.2. The van der Waals surface area contributed by atoms with E-state index in [-0.39, 0.29) is 22.2 Å². The van der Waals surface area contributed by atoms with Crippen LogP contribution in [0.3, 0.4) is 0 Å². The van der Waals surface area contributed by atoms with Crippen LogP contribution < -0.4 is 15.4 Å². The van der Waals surface area contributed by atoms with Crippen molar-refractivity contribution in [2.75, 3.05) is 13.7 Å². The minimum absolute atomic E-state index is 0.0570. The summed E-state index contributed by atoms with van der Waals surface area (Å²) in [6.07, 6.45) is 5.78. The van der Waals surface area contributed by atoms with Crippen molar-refractivity contribution in [1.29, 1.82) is 5.41 Å². The van der Waals surface area contributed by atoms with Gasteiger partial charge in [-0.15, -0.1) is 0 Å². The van der Waals surface area contributed by atoms with Gasteiger partial charge in [0.15, 0.2) is 8.32 Å². The molecule has 0 spiro atoms. The van der Waals surface area contributed by atoms with E-state index in [1.165, 1.54) is 18.2 Å². The van der Waals surface area contributed by atoms with Crippen LogP contribution in [0.1, 0.15) is 50.4 Å². The molecule has 1 aromatic rings. The highest BCUT2D eigenvalue weighted by Gasteiger charge is 2.44. The summed E-state index contributed by atoms with van der Waals surface area (Å²) < 4.78 is 12.7. The monoisotopic (exact) mass is 433 g/mol. The lowest BCUT2D eigenvalue weighted by Gasteiger charge is -2.45. The van der Waals surface area contributed by atoms with Crippen molar-refractivity contribution in [3.8, 4) is 11.5 Å². The second-order valence-corrected chi connectivity index (χ2v) is 14.2. The lowest BCUT2D eigenvalue weighted by atomic mass is 9.80. The highest BCUT2D eigenvalue weighted by Crippen LogP contribution is 2.42. The third-order valence-electron chi connectivity index (χ3n) is 5.92. The number of phenolic OH excluding ortho intramolecular Hbond substituents is 1. The Bertz CT molecular complexity index is 811. The van der Waals surface area contributed by atoms with Crippen molar-refractivity contribution in [3.63, 3.8) is 0 Å². The summed E-state index contributed by atoms with van der Waals surface area (Å²) in [7, 11) is -0.208. The summed E-state index contributed by atoms with van der Waals surface area (Å²) in [6, 6.07) is 4.46. The molecular formula is C22H35N3O4Si. The first-order valence-electron chi connectivity index (χ1n) is 10.3. The SMILES string of the molecule is CN/C=C\C(=N)NC(=O)c1cc(O)cc(OC2(CO[Si](C)(C)C(C)(C)C)CCC2)c1. The zero-order chi connectivity index (χ0) is 22.6. The van der Waals surface area contributed by atoms with E-state index in [1.807, 2.05) is 0 Å². The van der Waals surface area contributed by atoms with Gasteiger partial charge in [0.2, 0.25) is 0 Å². The number of nitrogens with one attached hydrogen (secondary N) is 3. The second-order valence-electron chi connectivity index (χ2n) is 9.39. The molecule has 0 saturated heterocycles. The van der Waals surface area contributed by atoms with Crippen molar-refractivity contribution >= 4 is 20.1 Å². The summed E-state index contributed by atoms with van der Waals surface area (Å²) in [5, 5.41) is 23.2. The highest BCUT2D eigenvalue weighted by molar-refractivity contribution is 6.74. The van der Waals surface area contributed by atoms with Gasteiger partial charge in [-0.2, -0.15) is 0 Å². The van der Waals surface area contributed by atoms with Crippen molar-refractivity contribution in [2.24, 2.45) is 0 Å². The van der Waals surface area contributed by atoms with Crippen LogP contribution in [0.25, 0.3) is 0 Å². The Morgan fingerprint density at radius 3 is 2.50 bits per heavy atom. The fourth-order valence-electron chi connectivity index (χ4n) is 2.80. The normalized spacial score (nSPS) is 16.1. The Morgan fingerprint density at radius 2 is 1.97 bits per heavy atom. The second kappa shape index (κ2) is 9.22. The fourth-order valence-corrected chi connectivity index (χ4v) is 3.86. The van der Waals surface area contributed by atoms with E-state index in [9.17, 15) is 9.90 Å². The van der Waals surface area contributed by atoms with Crippen LogP contribution >= 0.6 is 0 Å². The summed E-state index contributed by atoms with van der Waals surface area (Å²) in [6.45, 7) is 11.5. The van der Waals surface area contributed by atoms with Crippen molar-refractivity contribution in [2.45, 2.75) is 63.8 Å². The van der Waals surface area contributed by atoms with Crippen LogP contribution in [0.15, 0.2) is 30.5 Å². The Kier molecular flexibility index (Phi) is 7.36. The Balaban J connectivity index is 2.12. The molecule has 0 heterocycles. The quantitative estimate of drug-likeness (QED) is 0.280. The number of rotatable bonds is 8. The van der Waals surface area contributed by atoms with Gasteiger partial charge < -0.3 is 24.9 Å². The van der Waals surface area contributed by atoms with Gasteiger partial charge in [-0.25, -0.2) is 0 Å². The van der Waals surface area contributed by atoms with E-state index in [1.54, 1.807) is 19.3 Å². The minimum atomic E-state index is -1.91. The number of carbonyl (C=O) groups is 1. The molecule has 1 fully saturated rings. The predicted octanol–water partition coefficient (Wildman–Crippen LogP) is 4.16. The molecule has 1 amide bonds. The molecule has 166 valence electrons. The molecule has 2 rings (SSSR count). The first kappa shape index (κ1) is 24.0. The number of aromatic hydroxyl groups is 1. The standard InChI is InChI=1S/C22H35N3O4Si/c1-21(2,3)30(5,6)28-15-22(9-7-10-22)29-18-13-16(12-17(26)14-18)20(27)25-19(23)8-11-24-4/h8,11-14,24,26H,7,9-10,15H2,1-6H3,(H2,23,25,27)/b11-8-. The first-order chi connectivity index (χ1) is 13.9. The van der Waals surface area contributed by atoms with E-state index in [2.05, 4.69) is 44.5 Å². The number of ether oxygens (including phenoxy) is 1. The summed E-state index contributed by atoms with van der Waals surface area (Å²) >= 11 is 0. The molecule has 0 radical (unpaired) electrons. The Hall–Kier alpha value is -2.32. The molecule has 1 saturated carbocycles. The lowest BCUT2D eigenvalue weighted by Crippen LogP contribution is -2.52. The van der Waals surface area contributed by atoms with Crippen LogP contribution in [0.2, 0.25) is 18.1 Å². The molecule has 0 bridgehead atoms. The zero-order valence-electron chi connectivity index (χ0n) is 18.9. The molecule has 1 aliphatic carbocycles. The number of benzene rings is 1. The Labute approximate surface area is 180 Å². The molecule has 0 atom stereocenters. The molecule has 7 nitrogen and oxygen atoms in total. The molecule has 30 heavy (non-hydrogen) atoms. The fraction of sp³-hybridized carbons (Fsp3) is 0.545. The molecule has 0 aliphatic heterocycles. The largest absolute Gasteiger partial charge is 0.508 e. The van der Waals surface area contributed by atoms with Gasteiger partial charge in [-0.3, -0.25) is 10.2 Å². The van der Waals surface area contributed by atoms with Crippen LogP contribution in [0.4, 0.5) is 0 Å². The summed E-state index contributed by atoms with van der Waals surface area (Å²) in [5.41, 5.74) is -0.202. The molecular weight excluding hydrogens is 398 g/mol. The number of amidine groups is 1. The van der Waals surface area contributed by atoms with Gasteiger partial charge in [-0.05, 0) is 61.8 Å². The Morgan fingerprint density at radius 1 is 1.30 bits per heavy atom. The topological polar surface area (TPSA) is 104 Å². The van der Waals surface area contributed by atoms with Crippen LogP contribution in [-0.4, -0.2) is 44.4 Å². The number of hydrogen-bond acceptors (Lipinski definition) is 6. The van der Waals surface area contributed by atoms with Crippen LogP contribution in [-0.2, 0) is 4.43 Å². The number of phenols is 1.